The van der Waals surface area contributed by atoms with Crippen LogP contribution in [-0.2, 0) is 24.2 Å². The fraction of sp³-hybridized carbons (Fsp3) is 0.158. The van der Waals surface area contributed by atoms with E-state index in [4.69, 9.17) is 0 Å². The van der Waals surface area contributed by atoms with E-state index < -0.39 is 35.2 Å². The molecular weight excluding hydrogens is 416 g/mol. The molecular formula is C19H13F6N3O2. The first-order valence-electron chi connectivity index (χ1n) is 8.30. The number of aromatic nitrogens is 1. The Balaban J connectivity index is 1.96. The minimum Gasteiger partial charge on any atom is -0.350 e. The lowest BCUT2D eigenvalue weighted by molar-refractivity contribution is -0.143. The SMILES string of the molecule is Cn1ccc2ccc(N(C=O)C(=O)Nc3cc(C(F)(F)F)cc(C(F)(F)F)c3)cc21. The zero-order valence-electron chi connectivity index (χ0n) is 15.2. The van der Waals surface area contributed by atoms with Crippen molar-refractivity contribution >= 4 is 34.7 Å². The average Bonchev–Trinajstić information content (AvgIpc) is 3.01. The number of halogens is 6. The molecule has 0 saturated heterocycles. The lowest BCUT2D eigenvalue weighted by Crippen LogP contribution is -2.34. The van der Waals surface area contributed by atoms with Gasteiger partial charge in [-0.25, -0.2) is 9.69 Å². The predicted molar refractivity (Wildman–Crippen MR) is 96.9 cm³/mol. The number of amides is 3. The number of benzene rings is 2. The highest BCUT2D eigenvalue weighted by Gasteiger charge is 2.37. The molecule has 2 aromatic carbocycles. The van der Waals surface area contributed by atoms with E-state index in [0.717, 1.165) is 5.39 Å². The molecule has 0 aliphatic carbocycles. The molecule has 3 rings (SSSR count). The van der Waals surface area contributed by atoms with Crippen molar-refractivity contribution in [1.82, 2.24) is 4.57 Å². The third-order valence-corrected chi connectivity index (χ3v) is 4.31. The number of carbonyl (C=O) groups excluding carboxylic acids is 2. The van der Waals surface area contributed by atoms with Crippen LogP contribution in [0, 0.1) is 0 Å². The first kappa shape index (κ1) is 21.2. The van der Waals surface area contributed by atoms with E-state index in [2.05, 4.69) is 0 Å². The quantitative estimate of drug-likeness (QED) is 0.447. The number of nitrogens with one attached hydrogen (secondary N) is 1. The molecule has 158 valence electrons. The molecule has 5 nitrogen and oxygen atoms in total. The molecule has 3 amide bonds. The fourth-order valence-corrected chi connectivity index (χ4v) is 2.84. The normalized spacial score (nSPS) is 12.1. The van der Waals surface area contributed by atoms with Gasteiger partial charge in [-0.05, 0) is 41.8 Å². The van der Waals surface area contributed by atoms with Gasteiger partial charge in [0, 0.05) is 24.4 Å². The molecule has 0 aliphatic heterocycles. The van der Waals surface area contributed by atoms with Crippen molar-refractivity contribution in [2.75, 3.05) is 10.2 Å². The predicted octanol–water partition coefficient (Wildman–Crippen LogP) is 5.41. The van der Waals surface area contributed by atoms with Crippen LogP contribution in [0.15, 0.2) is 48.7 Å². The molecule has 1 heterocycles. The van der Waals surface area contributed by atoms with E-state index in [1.54, 1.807) is 29.9 Å². The summed E-state index contributed by atoms with van der Waals surface area (Å²) in [4.78, 5) is 24.4. The summed E-state index contributed by atoms with van der Waals surface area (Å²) in [5, 5.41) is 2.73. The van der Waals surface area contributed by atoms with Crippen LogP contribution in [0.1, 0.15) is 11.1 Å². The second-order valence-corrected chi connectivity index (χ2v) is 6.37. The summed E-state index contributed by atoms with van der Waals surface area (Å²) in [5.74, 6) is 0. The van der Waals surface area contributed by atoms with Gasteiger partial charge in [0.05, 0.1) is 16.8 Å². The summed E-state index contributed by atoms with van der Waals surface area (Å²) >= 11 is 0. The third kappa shape index (κ3) is 4.24. The number of anilines is 2. The largest absolute Gasteiger partial charge is 0.416 e. The molecule has 0 aliphatic rings. The summed E-state index contributed by atoms with van der Waals surface area (Å²) in [5.41, 5.74) is -3.19. The van der Waals surface area contributed by atoms with Gasteiger partial charge in [0.25, 0.3) is 0 Å². The minimum atomic E-state index is -5.07. The van der Waals surface area contributed by atoms with E-state index in [1.165, 1.54) is 12.1 Å². The second-order valence-electron chi connectivity index (χ2n) is 6.37. The maximum Gasteiger partial charge on any atom is 0.416 e. The van der Waals surface area contributed by atoms with Crippen LogP contribution in [0.4, 0.5) is 42.5 Å². The van der Waals surface area contributed by atoms with Crippen LogP contribution in [0.3, 0.4) is 0 Å². The molecule has 0 atom stereocenters. The lowest BCUT2D eigenvalue weighted by atomic mass is 10.1. The second kappa shape index (κ2) is 7.39. The number of urea groups is 1. The Morgan fingerprint density at radius 2 is 1.57 bits per heavy atom. The van der Waals surface area contributed by atoms with Crippen molar-refractivity contribution in [1.29, 1.82) is 0 Å². The maximum atomic E-state index is 13.0. The highest BCUT2D eigenvalue weighted by Crippen LogP contribution is 2.37. The number of carbonyl (C=O) groups is 2. The lowest BCUT2D eigenvalue weighted by Gasteiger charge is -2.19. The average molecular weight is 429 g/mol. The standard InChI is InChI=1S/C19H13F6N3O2/c1-27-5-4-11-2-3-15(9-16(11)27)28(10-29)17(30)26-14-7-12(18(20,21)22)6-13(8-14)19(23,24)25/h2-10H,1H3,(H,26,30). The first-order chi connectivity index (χ1) is 13.9. The number of aryl methyl sites for hydroxylation is 1. The fourth-order valence-electron chi connectivity index (χ4n) is 2.84. The van der Waals surface area contributed by atoms with E-state index >= 15 is 0 Å². The molecule has 3 aromatic rings. The summed E-state index contributed by atoms with van der Waals surface area (Å²) < 4.78 is 79.5. The van der Waals surface area contributed by atoms with Gasteiger partial charge in [-0.15, -0.1) is 0 Å². The molecule has 0 fully saturated rings. The summed E-state index contributed by atoms with van der Waals surface area (Å²) in [7, 11) is 1.72. The number of imide groups is 1. The minimum absolute atomic E-state index is 0.0590. The number of alkyl halides is 6. The van der Waals surface area contributed by atoms with Gasteiger partial charge in [-0.2, -0.15) is 26.3 Å². The van der Waals surface area contributed by atoms with E-state index in [-0.39, 0.29) is 18.2 Å². The molecule has 0 radical (unpaired) electrons. The zero-order valence-corrected chi connectivity index (χ0v) is 15.2. The Morgan fingerprint density at radius 1 is 0.967 bits per heavy atom. The van der Waals surface area contributed by atoms with Gasteiger partial charge in [0.1, 0.15) is 0 Å². The van der Waals surface area contributed by atoms with E-state index in [1.807, 2.05) is 5.32 Å². The van der Waals surface area contributed by atoms with Gasteiger partial charge in [-0.1, -0.05) is 6.07 Å². The molecule has 0 bridgehead atoms. The summed E-state index contributed by atoms with van der Waals surface area (Å²) in [6, 6.07) is 5.74. The van der Waals surface area contributed by atoms with Crippen LogP contribution in [0.2, 0.25) is 0 Å². The van der Waals surface area contributed by atoms with Crippen molar-refractivity contribution in [2.45, 2.75) is 12.4 Å². The molecule has 0 saturated carbocycles. The van der Waals surface area contributed by atoms with Gasteiger partial charge < -0.3 is 9.88 Å². The monoisotopic (exact) mass is 429 g/mol. The van der Waals surface area contributed by atoms with Gasteiger partial charge in [-0.3, -0.25) is 4.79 Å². The first-order valence-corrected chi connectivity index (χ1v) is 8.30. The van der Waals surface area contributed by atoms with Crippen LogP contribution in [-0.4, -0.2) is 17.0 Å². The van der Waals surface area contributed by atoms with Gasteiger partial charge in [0.2, 0.25) is 6.41 Å². The van der Waals surface area contributed by atoms with Crippen LogP contribution >= 0.6 is 0 Å². The topological polar surface area (TPSA) is 54.3 Å². The van der Waals surface area contributed by atoms with Crippen molar-refractivity contribution in [3.8, 4) is 0 Å². The van der Waals surface area contributed by atoms with Crippen LogP contribution < -0.4 is 10.2 Å². The molecule has 11 heteroatoms. The van der Waals surface area contributed by atoms with Crippen LogP contribution in [0.25, 0.3) is 10.9 Å². The summed E-state index contributed by atoms with van der Waals surface area (Å²) in [6.45, 7) is 0. The molecule has 0 unspecified atom stereocenters. The number of rotatable bonds is 3. The Morgan fingerprint density at radius 3 is 2.10 bits per heavy atom. The van der Waals surface area contributed by atoms with Gasteiger partial charge in [0.15, 0.2) is 0 Å². The van der Waals surface area contributed by atoms with Crippen molar-refractivity contribution in [3.05, 3.63) is 59.8 Å². The highest BCUT2D eigenvalue weighted by atomic mass is 19.4. The maximum absolute atomic E-state index is 13.0. The highest BCUT2D eigenvalue weighted by molar-refractivity contribution is 6.12. The number of fused-ring (bicyclic) bond motifs is 1. The Labute approximate surface area is 165 Å². The third-order valence-electron chi connectivity index (χ3n) is 4.31. The summed E-state index contributed by atoms with van der Waals surface area (Å²) in [6.07, 6.45) is -8.29. The van der Waals surface area contributed by atoms with E-state index in [9.17, 15) is 35.9 Å². The Hall–Kier alpha value is -3.50. The van der Waals surface area contributed by atoms with Crippen molar-refractivity contribution in [3.63, 3.8) is 0 Å². The number of nitrogens with zero attached hydrogens (tertiary/aromatic N) is 2. The zero-order chi connectivity index (χ0) is 22.3. The molecule has 1 N–H and O–H groups in total. The molecule has 0 spiro atoms. The Bertz CT molecular complexity index is 1090. The van der Waals surface area contributed by atoms with E-state index in [0.29, 0.717) is 22.5 Å². The Kier molecular flexibility index (Phi) is 5.23. The molecule has 1 aromatic heterocycles. The molecule has 30 heavy (non-hydrogen) atoms. The van der Waals surface area contributed by atoms with Crippen molar-refractivity contribution in [2.24, 2.45) is 7.05 Å². The van der Waals surface area contributed by atoms with Gasteiger partial charge >= 0.3 is 18.4 Å². The number of hydrogen-bond acceptors (Lipinski definition) is 2. The smallest absolute Gasteiger partial charge is 0.350 e. The van der Waals surface area contributed by atoms with Crippen molar-refractivity contribution < 1.29 is 35.9 Å². The van der Waals surface area contributed by atoms with Crippen LogP contribution in [0.5, 0.6) is 0 Å². The number of hydrogen-bond donors (Lipinski definition) is 1.